The second-order valence-corrected chi connectivity index (χ2v) is 5.07. The van der Waals surface area contributed by atoms with Crippen LogP contribution in [0.4, 0.5) is 5.82 Å². The summed E-state index contributed by atoms with van der Waals surface area (Å²) >= 11 is 6.06. The van der Waals surface area contributed by atoms with E-state index >= 15 is 0 Å². The SMILES string of the molecule is OCc1cccc(CNc2nnc(Cl)c3ccccc23)c1. The number of hydrogen-bond acceptors (Lipinski definition) is 4. The van der Waals surface area contributed by atoms with Crippen molar-refractivity contribution < 1.29 is 5.11 Å². The molecule has 0 aliphatic heterocycles. The Balaban J connectivity index is 1.87. The molecule has 0 amide bonds. The predicted octanol–water partition coefficient (Wildman–Crippen LogP) is 3.39. The summed E-state index contributed by atoms with van der Waals surface area (Å²) in [5.74, 6) is 0.699. The zero-order chi connectivity index (χ0) is 14.7. The average Bonchev–Trinajstić information content (AvgIpc) is 2.55. The van der Waals surface area contributed by atoms with Gasteiger partial charge in [0.15, 0.2) is 11.0 Å². The highest BCUT2D eigenvalue weighted by Crippen LogP contribution is 2.25. The van der Waals surface area contributed by atoms with Gasteiger partial charge >= 0.3 is 0 Å². The molecule has 5 heteroatoms. The molecule has 0 aliphatic rings. The molecule has 0 radical (unpaired) electrons. The van der Waals surface area contributed by atoms with Gasteiger partial charge in [0.2, 0.25) is 0 Å². The lowest BCUT2D eigenvalue weighted by Gasteiger charge is -2.09. The fourth-order valence-corrected chi connectivity index (χ4v) is 2.43. The normalized spacial score (nSPS) is 10.8. The van der Waals surface area contributed by atoms with E-state index in [1.165, 1.54) is 0 Å². The Bertz CT molecular complexity index is 776. The lowest BCUT2D eigenvalue weighted by molar-refractivity contribution is 0.281. The number of benzene rings is 2. The van der Waals surface area contributed by atoms with Crippen LogP contribution < -0.4 is 5.32 Å². The molecule has 0 bridgehead atoms. The highest BCUT2D eigenvalue weighted by atomic mass is 35.5. The molecule has 0 fully saturated rings. The van der Waals surface area contributed by atoms with E-state index in [0.29, 0.717) is 17.5 Å². The Labute approximate surface area is 127 Å². The van der Waals surface area contributed by atoms with Crippen molar-refractivity contribution in [2.75, 3.05) is 5.32 Å². The minimum Gasteiger partial charge on any atom is -0.392 e. The van der Waals surface area contributed by atoms with Crippen molar-refractivity contribution >= 4 is 28.2 Å². The summed E-state index contributed by atoms with van der Waals surface area (Å²) in [6, 6.07) is 15.5. The Morgan fingerprint density at radius 2 is 1.71 bits per heavy atom. The minimum absolute atomic E-state index is 0.0392. The number of hydrogen-bond donors (Lipinski definition) is 2. The van der Waals surface area contributed by atoms with Crippen LogP contribution in [-0.2, 0) is 13.2 Å². The van der Waals surface area contributed by atoms with Crippen LogP contribution in [-0.4, -0.2) is 15.3 Å². The van der Waals surface area contributed by atoms with Crippen molar-refractivity contribution in [2.24, 2.45) is 0 Å². The Kier molecular flexibility index (Phi) is 3.99. The van der Waals surface area contributed by atoms with Gasteiger partial charge in [0.05, 0.1) is 6.61 Å². The first-order chi connectivity index (χ1) is 10.3. The fraction of sp³-hybridized carbons (Fsp3) is 0.125. The van der Waals surface area contributed by atoms with E-state index in [1.807, 2.05) is 48.5 Å². The van der Waals surface area contributed by atoms with Crippen LogP contribution in [0.15, 0.2) is 48.5 Å². The zero-order valence-electron chi connectivity index (χ0n) is 11.3. The van der Waals surface area contributed by atoms with Gasteiger partial charge in [-0.1, -0.05) is 60.1 Å². The van der Waals surface area contributed by atoms with E-state index in [2.05, 4.69) is 15.5 Å². The van der Waals surface area contributed by atoms with Gasteiger partial charge < -0.3 is 10.4 Å². The number of nitrogens with one attached hydrogen (secondary N) is 1. The molecule has 1 heterocycles. The first kappa shape index (κ1) is 13.8. The average molecular weight is 300 g/mol. The second-order valence-electron chi connectivity index (χ2n) is 4.72. The molecular weight excluding hydrogens is 286 g/mol. The molecule has 106 valence electrons. The van der Waals surface area contributed by atoms with Crippen LogP contribution in [0.2, 0.25) is 5.15 Å². The monoisotopic (exact) mass is 299 g/mol. The number of anilines is 1. The quantitative estimate of drug-likeness (QED) is 0.775. The largest absolute Gasteiger partial charge is 0.392 e. The highest BCUT2D eigenvalue weighted by Gasteiger charge is 2.07. The lowest BCUT2D eigenvalue weighted by atomic mass is 10.1. The van der Waals surface area contributed by atoms with E-state index in [-0.39, 0.29) is 6.61 Å². The lowest BCUT2D eigenvalue weighted by Crippen LogP contribution is -2.04. The van der Waals surface area contributed by atoms with E-state index in [1.54, 1.807) is 0 Å². The maximum atomic E-state index is 9.16. The number of rotatable bonds is 4. The summed E-state index contributed by atoms with van der Waals surface area (Å²) in [6.45, 7) is 0.645. The molecule has 4 nitrogen and oxygen atoms in total. The molecular formula is C16H14ClN3O. The van der Waals surface area contributed by atoms with Gasteiger partial charge in [0.25, 0.3) is 0 Å². The van der Waals surface area contributed by atoms with Gasteiger partial charge in [-0.3, -0.25) is 0 Å². The first-order valence-electron chi connectivity index (χ1n) is 6.61. The smallest absolute Gasteiger partial charge is 0.159 e. The van der Waals surface area contributed by atoms with Gasteiger partial charge in [-0.05, 0) is 11.1 Å². The third-order valence-electron chi connectivity index (χ3n) is 3.28. The zero-order valence-corrected chi connectivity index (χ0v) is 12.0. The number of aliphatic hydroxyl groups excluding tert-OH is 1. The van der Waals surface area contributed by atoms with Crippen molar-refractivity contribution in [3.8, 4) is 0 Å². The van der Waals surface area contributed by atoms with Gasteiger partial charge in [-0.15, -0.1) is 10.2 Å². The molecule has 0 aliphatic carbocycles. The van der Waals surface area contributed by atoms with Crippen LogP contribution in [0.5, 0.6) is 0 Å². The van der Waals surface area contributed by atoms with Gasteiger partial charge in [-0.2, -0.15) is 0 Å². The van der Waals surface area contributed by atoms with E-state index < -0.39 is 0 Å². The molecule has 0 saturated carbocycles. The van der Waals surface area contributed by atoms with Crippen molar-refractivity contribution in [2.45, 2.75) is 13.2 Å². The van der Waals surface area contributed by atoms with Crippen LogP contribution >= 0.6 is 11.6 Å². The Morgan fingerprint density at radius 1 is 0.952 bits per heavy atom. The van der Waals surface area contributed by atoms with E-state index in [9.17, 15) is 0 Å². The molecule has 3 rings (SSSR count). The predicted molar refractivity (Wildman–Crippen MR) is 84.2 cm³/mol. The number of aromatic nitrogens is 2. The third-order valence-corrected chi connectivity index (χ3v) is 3.56. The summed E-state index contributed by atoms with van der Waals surface area (Å²) < 4.78 is 0. The molecule has 0 saturated heterocycles. The molecule has 0 spiro atoms. The standard InChI is InChI=1S/C16H14ClN3O/c17-15-13-6-1-2-7-14(13)16(20-19-15)18-9-11-4-3-5-12(8-11)10-21/h1-8,21H,9-10H2,(H,18,20). The minimum atomic E-state index is 0.0392. The molecule has 2 aromatic carbocycles. The third kappa shape index (κ3) is 2.96. The Morgan fingerprint density at radius 3 is 2.52 bits per heavy atom. The summed E-state index contributed by atoms with van der Waals surface area (Å²) in [4.78, 5) is 0. The summed E-state index contributed by atoms with van der Waals surface area (Å²) in [5.41, 5.74) is 1.96. The maximum absolute atomic E-state index is 9.16. The molecule has 0 atom stereocenters. The van der Waals surface area contributed by atoms with E-state index in [4.69, 9.17) is 16.7 Å². The molecule has 2 N–H and O–H groups in total. The van der Waals surface area contributed by atoms with Gasteiger partial charge in [0.1, 0.15) is 0 Å². The van der Waals surface area contributed by atoms with Crippen molar-refractivity contribution in [1.82, 2.24) is 10.2 Å². The van der Waals surface area contributed by atoms with Crippen LogP contribution in [0.3, 0.4) is 0 Å². The topological polar surface area (TPSA) is 58.0 Å². The molecule has 0 unspecified atom stereocenters. The van der Waals surface area contributed by atoms with Crippen molar-refractivity contribution in [3.63, 3.8) is 0 Å². The highest BCUT2D eigenvalue weighted by molar-refractivity contribution is 6.34. The van der Waals surface area contributed by atoms with Crippen LogP contribution in [0.25, 0.3) is 10.8 Å². The van der Waals surface area contributed by atoms with Crippen LogP contribution in [0, 0.1) is 0 Å². The molecule has 1 aromatic heterocycles. The van der Waals surface area contributed by atoms with Crippen molar-refractivity contribution in [1.29, 1.82) is 0 Å². The molecule has 3 aromatic rings. The fourth-order valence-electron chi connectivity index (χ4n) is 2.23. The van der Waals surface area contributed by atoms with Crippen molar-refractivity contribution in [3.05, 3.63) is 64.8 Å². The second kappa shape index (κ2) is 6.08. The van der Waals surface area contributed by atoms with Crippen LogP contribution in [0.1, 0.15) is 11.1 Å². The summed E-state index contributed by atoms with van der Waals surface area (Å²) in [7, 11) is 0. The maximum Gasteiger partial charge on any atom is 0.159 e. The summed E-state index contributed by atoms with van der Waals surface area (Å²) in [5, 5.41) is 22.7. The molecule has 21 heavy (non-hydrogen) atoms. The summed E-state index contributed by atoms with van der Waals surface area (Å²) in [6.07, 6.45) is 0. The number of fused-ring (bicyclic) bond motifs is 1. The van der Waals surface area contributed by atoms with Gasteiger partial charge in [-0.25, -0.2) is 0 Å². The Hall–Kier alpha value is -2.17. The van der Waals surface area contributed by atoms with Gasteiger partial charge in [0, 0.05) is 17.3 Å². The number of aliphatic hydroxyl groups is 1. The number of halogens is 1. The number of nitrogens with zero attached hydrogens (tertiary/aromatic N) is 2. The van der Waals surface area contributed by atoms with E-state index in [0.717, 1.165) is 21.9 Å². The first-order valence-corrected chi connectivity index (χ1v) is 6.99.